The van der Waals surface area contributed by atoms with Gasteiger partial charge in [0.2, 0.25) is 0 Å². The van der Waals surface area contributed by atoms with Crippen molar-refractivity contribution in [1.82, 2.24) is 9.80 Å². The van der Waals surface area contributed by atoms with Crippen LogP contribution in [0.4, 0.5) is 0 Å². The normalized spacial score (nSPS) is 18.9. The van der Waals surface area contributed by atoms with E-state index in [0.29, 0.717) is 5.02 Å². The van der Waals surface area contributed by atoms with Crippen LogP contribution in [0.2, 0.25) is 5.02 Å². The number of carbonyl (C=O) groups is 1. The number of halogens is 1. The summed E-state index contributed by atoms with van der Waals surface area (Å²) in [6.07, 6.45) is 2.35. The van der Waals surface area contributed by atoms with E-state index < -0.39 is 0 Å². The van der Waals surface area contributed by atoms with Gasteiger partial charge in [-0.05, 0) is 77.1 Å². The molecule has 2 rings (SSSR count). The molecule has 1 aromatic carbocycles. The number of nitrogens with zero attached hydrogens (tertiary/aromatic N) is 2. The minimum Gasteiger partial charge on any atom is -0.309 e. The molecule has 1 heterocycles. The maximum absolute atomic E-state index is 12.5. The van der Waals surface area contributed by atoms with Gasteiger partial charge in [0.05, 0.1) is 6.04 Å². The molecule has 0 aliphatic carbocycles. The zero-order valence-corrected chi connectivity index (χ0v) is 13.9. The summed E-state index contributed by atoms with van der Waals surface area (Å²) in [6.45, 7) is 5.19. The van der Waals surface area contributed by atoms with Crippen LogP contribution in [0.15, 0.2) is 24.3 Å². The van der Waals surface area contributed by atoms with Crippen molar-refractivity contribution in [3.8, 4) is 0 Å². The van der Waals surface area contributed by atoms with Crippen LogP contribution in [-0.2, 0) is 0 Å². The van der Waals surface area contributed by atoms with Crippen LogP contribution < -0.4 is 0 Å². The van der Waals surface area contributed by atoms with E-state index in [1.165, 1.54) is 12.8 Å². The third-order valence-corrected chi connectivity index (χ3v) is 4.58. The zero-order valence-electron chi connectivity index (χ0n) is 13.2. The summed E-state index contributed by atoms with van der Waals surface area (Å²) in [4.78, 5) is 17.1. The molecule has 1 unspecified atom stereocenters. The smallest absolute Gasteiger partial charge is 0.179 e. The van der Waals surface area contributed by atoms with E-state index in [0.717, 1.165) is 31.1 Å². The van der Waals surface area contributed by atoms with Crippen molar-refractivity contribution in [2.45, 2.75) is 25.8 Å². The molecule has 3 nitrogen and oxygen atoms in total. The summed E-state index contributed by atoms with van der Waals surface area (Å²) >= 11 is 5.88. The molecule has 0 N–H and O–H groups in total. The van der Waals surface area contributed by atoms with Gasteiger partial charge >= 0.3 is 0 Å². The van der Waals surface area contributed by atoms with E-state index in [4.69, 9.17) is 11.6 Å². The van der Waals surface area contributed by atoms with Crippen molar-refractivity contribution < 1.29 is 4.79 Å². The van der Waals surface area contributed by atoms with Crippen molar-refractivity contribution >= 4 is 17.4 Å². The summed E-state index contributed by atoms with van der Waals surface area (Å²) in [7, 11) is 4.25. The van der Waals surface area contributed by atoms with E-state index in [1.807, 2.05) is 19.1 Å². The third kappa shape index (κ3) is 4.53. The lowest BCUT2D eigenvalue weighted by atomic mass is 9.94. The van der Waals surface area contributed by atoms with Crippen molar-refractivity contribution in [2.24, 2.45) is 5.92 Å². The molecule has 116 valence electrons. The van der Waals surface area contributed by atoms with Crippen molar-refractivity contribution in [3.05, 3.63) is 34.9 Å². The minimum atomic E-state index is -0.0496. The van der Waals surface area contributed by atoms with Crippen LogP contribution in [-0.4, -0.2) is 55.4 Å². The number of piperidine rings is 1. The quantitative estimate of drug-likeness (QED) is 0.781. The first-order chi connectivity index (χ1) is 9.97. The van der Waals surface area contributed by atoms with Gasteiger partial charge in [0, 0.05) is 17.1 Å². The molecular formula is C17H25ClN2O. The van der Waals surface area contributed by atoms with Crippen molar-refractivity contribution in [3.63, 3.8) is 0 Å². The molecule has 0 saturated carbocycles. The number of rotatable bonds is 5. The third-order valence-electron chi connectivity index (χ3n) is 4.33. The lowest BCUT2D eigenvalue weighted by molar-refractivity contribution is 0.0755. The van der Waals surface area contributed by atoms with Gasteiger partial charge in [0.15, 0.2) is 5.78 Å². The van der Waals surface area contributed by atoms with Crippen LogP contribution in [0, 0.1) is 5.92 Å². The molecule has 1 aliphatic rings. The van der Waals surface area contributed by atoms with Crippen LogP contribution in [0.25, 0.3) is 0 Å². The molecule has 0 bridgehead atoms. The van der Waals surface area contributed by atoms with Gasteiger partial charge in [0.25, 0.3) is 0 Å². The largest absolute Gasteiger partial charge is 0.309 e. The Morgan fingerprint density at radius 1 is 1.29 bits per heavy atom. The van der Waals surface area contributed by atoms with Gasteiger partial charge in [-0.1, -0.05) is 11.6 Å². The van der Waals surface area contributed by atoms with Crippen molar-refractivity contribution in [2.75, 3.05) is 33.7 Å². The Balaban J connectivity index is 1.90. The second-order valence-electron chi connectivity index (χ2n) is 6.29. The average Bonchev–Trinajstić information content (AvgIpc) is 2.47. The van der Waals surface area contributed by atoms with E-state index in [9.17, 15) is 4.79 Å². The topological polar surface area (TPSA) is 23.6 Å². The monoisotopic (exact) mass is 308 g/mol. The number of likely N-dealkylation sites (tertiary alicyclic amines) is 1. The minimum absolute atomic E-state index is 0.0496. The number of benzene rings is 1. The number of carbonyl (C=O) groups excluding carboxylic acids is 1. The highest BCUT2D eigenvalue weighted by Gasteiger charge is 2.27. The zero-order chi connectivity index (χ0) is 15.4. The van der Waals surface area contributed by atoms with Crippen LogP contribution in [0.1, 0.15) is 30.1 Å². The highest BCUT2D eigenvalue weighted by molar-refractivity contribution is 6.30. The Labute approximate surface area is 132 Å². The summed E-state index contributed by atoms with van der Waals surface area (Å²) < 4.78 is 0. The first kappa shape index (κ1) is 16.5. The predicted octanol–water partition coefficient (Wildman–Crippen LogP) is 3.18. The molecule has 21 heavy (non-hydrogen) atoms. The maximum atomic E-state index is 12.5. The molecule has 0 spiro atoms. The summed E-state index contributed by atoms with van der Waals surface area (Å²) in [5.74, 6) is 0.951. The first-order valence-corrected chi connectivity index (χ1v) is 8.03. The van der Waals surface area contributed by atoms with E-state index in [-0.39, 0.29) is 11.8 Å². The Morgan fingerprint density at radius 2 is 1.86 bits per heavy atom. The van der Waals surface area contributed by atoms with Gasteiger partial charge in [-0.15, -0.1) is 0 Å². The SMILES string of the molecule is CC(C(=O)c1ccc(Cl)cc1)N1CCC(CN(C)C)CC1. The Kier molecular flexibility index (Phi) is 5.80. The fraction of sp³-hybridized carbons (Fsp3) is 0.588. The summed E-state index contributed by atoms with van der Waals surface area (Å²) in [5, 5.41) is 0.670. The molecule has 1 atom stereocenters. The van der Waals surface area contributed by atoms with Gasteiger partial charge in [-0.2, -0.15) is 0 Å². The fourth-order valence-electron chi connectivity index (χ4n) is 3.06. The highest BCUT2D eigenvalue weighted by atomic mass is 35.5. The number of hydrogen-bond acceptors (Lipinski definition) is 3. The summed E-state index contributed by atoms with van der Waals surface area (Å²) in [5.41, 5.74) is 0.752. The molecule has 1 aromatic rings. The lowest BCUT2D eigenvalue weighted by Crippen LogP contribution is -2.45. The van der Waals surface area contributed by atoms with E-state index >= 15 is 0 Å². The first-order valence-electron chi connectivity index (χ1n) is 7.66. The Hall–Kier alpha value is -0.900. The fourth-order valence-corrected chi connectivity index (χ4v) is 3.19. The molecule has 0 radical (unpaired) electrons. The molecule has 0 aromatic heterocycles. The standard InChI is InChI=1S/C17H25ClN2O/c1-13(17(21)15-4-6-16(18)7-5-15)20-10-8-14(9-11-20)12-19(2)3/h4-7,13-14H,8-12H2,1-3H3. The molecule has 1 fully saturated rings. The molecule has 1 aliphatic heterocycles. The average molecular weight is 309 g/mol. The summed E-state index contributed by atoms with van der Waals surface area (Å²) in [6, 6.07) is 7.15. The molecule has 4 heteroatoms. The van der Waals surface area contributed by atoms with Gasteiger partial charge in [-0.3, -0.25) is 9.69 Å². The molecule has 0 amide bonds. The van der Waals surface area contributed by atoms with E-state index in [2.05, 4.69) is 23.9 Å². The lowest BCUT2D eigenvalue weighted by Gasteiger charge is -2.36. The number of ketones is 1. The van der Waals surface area contributed by atoms with Gasteiger partial charge in [-0.25, -0.2) is 0 Å². The second kappa shape index (κ2) is 7.39. The second-order valence-corrected chi connectivity index (χ2v) is 6.73. The Morgan fingerprint density at radius 3 is 2.38 bits per heavy atom. The molecular weight excluding hydrogens is 284 g/mol. The van der Waals surface area contributed by atoms with Crippen LogP contribution >= 0.6 is 11.6 Å². The maximum Gasteiger partial charge on any atom is 0.179 e. The van der Waals surface area contributed by atoms with Crippen LogP contribution in [0.3, 0.4) is 0 Å². The number of Topliss-reactive ketones (excluding diaryl/α,β-unsaturated/α-hetero) is 1. The van der Waals surface area contributed by atoms with Gasteiger partial charge in [0.1, 0.15) is 0 Å². The number of hydrogen-bond donors (Lipinski definition) is 0. The van der Waals surface area contributed by atoms with Crippen LogP contribution in [0.5, 0.6) is 0 Å². The van der Waals surface area contributed by atoms with Crippen molar-refractivity contribution in [1.29, 1.82) is 0 Å². The predicted molar refractivity (Wildman–Crippen MR) is 88.1 cm³/mol. The van der Waals surface area contributed by atoms with E-state index in [1.54, 1.807) is 12.1 Å². The molecule has 1 saturated heterocycles. The van der Waals surface area contributed by atoms with Gasteiger partial charge < -0.3 is 4.90 Å². The highest BCUT2D eigenvalue weighted by Crippen LogP contribution is 2.21. The Bertz CT molecular complexity index is 464.